The van der Waals surface area contributed by atoms with Gasteiger partial charge in [0.2, 0.25) is 11.6 Å². The Hall–Kier alpha value is -3.56. The summed E-state index contributed by atoms with van der Waals surface area (Å²) >= 11 is 0. The number of anilines is 1. The smallest absolute Gasteiger partial charge is 0.292 e. The van der Waals surface area contributed by atoms with Crippen molar-refractivity contribution in [2.75, 3.05) is 5.73 Å². The van der Waals surface area contributed by atoms with E-state index in [0.717, 1.165) is 12.0 Å². The summed E-state index contributed by atoms with van der Waals surface area (Å²) in [5.74, 6) is 0.184. The van der Waals surface area contributed by atoms with Crippen molar-refractivity contribution in [3.63, 3.8) is 0 Å². The van der Waals surface area contributed by atoms with Gasteiger partial charge in [-0.25, -0.2) is 10.1 Å². The summed E-state index contributed by atoms with van der Waals surface area (Å²) in [6.07, 6.45) is 1.02. The van der Waals surface area contributed by atoms with Gasteiger partial charge in [0.1, 0.15) is 0 Å². The Morgan fingerprint density at radius 2 is 2.00 bits per heavy atom. The number of nitrogens with zero attached hydrogens (tertiary/aromatic N) is 6. The van der Waals surface area contributed by atoms with Crippen LogP contribution in [0.2, 0.25) is 0 Å². The van der Waals surface area contributed by atoms with Gasteiger partial charge in [0.25, 0.3) is 5.91 Å². The van der Waals surface area contributed by atoms with E-state index in [-0.39, 0.29) is 17.3 Å². The molecule has 3 aromatic rings. The van der Waals surface area contributed by atoms with Gasteiger partial charge in [-0.2, -0.15) is 9.78 Å². The molecule has 2 heterocycles. The van der Waals surface area contributed by atoms with E-state index < -0.39 is 5.91 Å². The Morgan fingerprint density at radius 3 is 2.61 bits per heavy atom. The van der Waals surface area contributed by atoms with E-state index in [2.05, 4.69) is 61.8 Å². The standard InChI is InChI=1S/C18H22N8O2/c1-10(2)9-13-5-7-14(8-6-13)11(3)20-22-18(27)15-12(4)21-25-26(15)17-16(19)23-28-24-17/h5-8,10H,9H2,1-4H3,(H2,19,23)(H,22,27)/b20-11+. The van der Waals surface area contributed by atoms with Gasteiger partial charge in [0, 0.05) is 0 Å². The van der Waals surface area contributed by atoms with Crippen LogP contribution >= 0.6 is 0 Å². The Balaban J connectivity index is 1.77. The van der Waals surface area contributed by atoms with Crippen molar-refractivity contribution < 1.29 is 9.42 Å². The first-order chi connectivity index (χ1) is 13.4. The van der Waals surface area contributed by atoms with Crippen LogP contribution in [-0.4, -0.2) is 36.9 Å². The van der Waals surface area contributed by atoms with Gasteiger partial charge in [0.05, 0.1) is 11.4 Å². The number of nitrogen functional groups attached to an aromatic ring is 1. The SMILES string of the molecule is C/C(=N\NC(=O)c1c(C)nnn1-c1nonc1N)c1ccc(CC(C)C)cc1. The van der Waals surface area contributed by atoms with E-state index >= 15 is 0 Å². The number of amides is 1. The number of carbonyl (C=O) groups is 1. The molecule has 0 unspecified atom stereocenters. The number of nitrogens with two attached hydrogens (primary N) is 1. The molecule has 0 aliphatic carbocycles. The number of aromatic nitrogens is 5. The van der Waals surface area contributed by atoms with Crippen LogP contribution in [0.15, 0.2) is 34.0 Å². The topological polar surface area (TPSA) is 137 Å². The Bertz CT molecular complexity index is 1000. The molecule has 2 aromatic heterocycles. The lowest BCUT2D eigenvalue weighted by Gasteiger charge is -2.07. The average Bonchev–Trinajstić information content (AvgIpc) is 3.24. The molecule has 0 bridgehead atoms. The van der Waals surface area contributed by atoms with Gasteiger partial charge in [-0.05, 0) is 47.6 Å². The van der Waals surface area contributed by atoms with Crippen LogP contribution in [0.3, 0.4) is 0 Å². The molecule has 0 aliphatic heterocycles. The zero-order valence-corrected chi connectivity index (χ0v) is 16.2. The van der Waals surface area contributed by atoms with Crippen LogP contribution in [0.25, 0.3) is 5.82 Å². The highest BCUT2D eigenvalue weighted by Crippen LogP contribution is 2.15. The van der Waals surface area contributed by atoms with E-state index in [0.29, 0.717) is 17.3 Å². The van der Waals surface area contributed by atoms with Crippen LogP contribution in [0.1, 0.15) is 48.1 Å². The van der Waals surface area contributed by atoms with Crippen molar-refractivity contribution in [3.8, 4) is 5.82 Å². The molecule has 0 saturated heterocycles. The molecular formula is C18H22N8O2. The normalized spacial score (nSPS) is 11.8. The fourth-order valence-electron chi connectivity index (χ4n) is 2.71. The van der Waals surface area contributed by atoms with Gasteiger partial charge in [-0.15, -0.1) is 5.10 Å². The fourth-order valence-corrected chi connectivity index (χ4v) is 2.71. The molecule has 0 atom stereocenters. The van der Waals surface area contributed by atoms with Crippen molar-refractivity contribution in [2.24, 2.45) is 11.0 Å². The minimum Gasteiger partial charge on any atom is -0.378 e. The Kier molecular flexibility index (Phi) is 5.48. The Labute approximate surface area is 161 Å². The molecule has 146 valence electrons. The molecule has 3 N–H and O–H groups in total. The number of carbonyl (C=O) groups excluding carboxylic acids is 1. The maximum atomic E-state index is 12.6. The summed E-state index contributed by atoms with van der Waals surface area (Å²) in [4.78, 5) is 12.6. The molecule has 0 radical (unpaired) electrons. The summed E-state index contributed by atoms with van der Waals surface area (Å²) in [5, 5.41) is 19.1. The summed E-state index contributed by atoms with van der Waals surface area (Å²) < 4.78 is 5.73. The molecule has 3 rings (SSSR count). The van der Waals surface area contributed by atoms with E-state index in [1.807, 2.05) is 19.1 Å². The van der Waals surface area contributed by atoms with E-state index in [4.69, 9.17) is 5.73 Å². The maximum absolute atomic E-state index is 12.6. The fraction of sp³-hybridized carbons (Fsp3) is 0.333. The lowest BCUT2D eigenvalue weighted by molar-refractivity contribution is 0.0946. The largest absolute Gasteiger partial charge is 0.378 e. The summed E-state index contributed by atoms with van der Waals surface area (Å²) in [7, 11) is 0. The highest BCUT2D eigenvalue weighted by atomic mass is 16.6. The van der Waals surface area contributed by atoms with Crippen LogP contribution in [0.4, 0.5) is 5.82 Å². The van der Waals surface area contributed by atoms with Gasteiger partial charge in [-0.3, -0.25) is 4.79 Å². The molecule has 10 nitrogen and oxygen atoms in total. The van der Waals surface area contributed by atoms with E-state index in [1.165, 1.54) is 10.2 Å². The third kappa shape index (κ3) is 4.05. The number of benzene rings is 1. The number of aryl methyl sites for hydroxylation is 1. The molecular weight excluding hydrogens is 360 g/mol. The number of hydrogen-bond acceptors (Lipinski definition) is 8. The van der Waals surface area contributed by atoms with Crippen LogP contribution in [-0.2, 0) is 6.42 Å². The maximum Gasteiger partial charge on any atom is 0.292 e. The highest BCUT2D eigenvalue weighted by molar-refractivity contribution is 6.00. The average molecular weight is 382 g/mol. The third-order valence-corrected chi connectivity index (χ3v) is 4.09. The second-order valence-corrected chi connectivity index (χ2v) is 6.84. The van der Waals surface area contributed by atoms with Gasteiger partial charge in [-0.1, -0.05) is 43.3 Å². The molecule has 0 fully saturated rings. The number of hydrogen-bond donors (Lipinski definition) is 2. The van der Waals surface area contributed by atoms with Crippen molar-refractivity contribution in [2.45, 2.75) is 34.1 Å². The summed E-state index contributed by atoms with van der Waals surface area (Å²) in [5.41, 5.74) is 11.6. The van der Waals surface area contributed by atoms with Crippen molar-refractivity contribution in [3.05, 3.63) is 46.8 Å². The van der Waals surface area contributed by atoms with Gasteiger partial charge >= 0.3 is 0 Å². The second-order valence-electron chi connectivity index (χ2n) is 6.84. The quantitative estimate of drug-likeness (QED) is 0.490. The molecule has 10 heteroatoms. The lowest BCUT2D eigenvalue weighted by atomic mass is 10.0. The predicted molar refractivity (Wildman–Crippen MR) is 103 cm³/mol. The van der Waals surface area contributed by atoms with Crippen molar-refractivity contribution >= 4 is 17.4 Å². The van der Waals surface area contributed by atoms with Crippen LogP contribution in [0, 0.1) is 12.8 Å². The molecule has 1 amide bonds. The molecule has 28 heavy (non-hydrogen) atoms. The van der Waals surface area contributed by atoms with Crippen molar-refractivity contribution in [1.29, 1.82) is 0 Å². The lowest BCUT2D eigenvalue weighted by Crippen LogP contribution is -2.24. The summed E-state index contributed by atoms with van der Waals surface area (Å²) in [6, 6.07) is 8.11. The molecule has 0 saturated carbocycles. The number of hydrazone groups is 1. The zero-order valence-electron chi connectivity index (χ0n) is 16.2. The Morgan fingerprint density at radius 1 is 1.29 bits per heavy atom. The first-order valence-electron chi connectivity index (χ1n) is 8.81. The van der Waals surface area contributed by atoms with E-state index in [9.17, 15) is 4.79 Å². The van der Waals surface area contributed by atoms with Gasteiger partial charge in [0.15, 0.2) is 5.69 Å². The van der Waals surface area contributed by atoms with Crippen LogP contribution < -0.4 is 11.2 Å². The first kappa shape index (κ1) is 19.2. The highest BCUT2D eigenvalue weighted by Gasteiger charge is 2.22. The molecule has 0 spiro atoms. The minimum absolute atomic E-state index is 0.000110. The third-order valence-electron chi connectivity index (χ3n) is 4.09. The van der Waals surface area contributed by atoms with E-state index in [1.54, 1.807) is 6.92 Å². The first-order valence-corrected chi connectivity index (χ1v) is 8.81. The van der Waals surface area contributed by atoms with Gasteiger partial charge < -0.3 is 5.73 Å². The molecule has 1 aromatic carbocycles. The number of nitrogens with one attached hydrogen (secondary N) is 1. The zero-order chi connectivity index (χ0) is 20.3. The number of rotatable bonds is 6. The monoisotopic (exact) mass is 382 g/mol. The predicted octanol–water partition coefficient (Wildman–Crippen LogP) is 1.89. The molecule has 0 aliphatic rings. The van der Waals surface area contributed by atoms with Crippen LogP contribution in [0.5, 0.6) is 0 Å². The minimum atomic E-state index is -0.499. The summed E-state index contributed by atoms with van der Waals surface area (Å²) in [6.45, 7) is 7.83. The van der Waals surface area contributed by atoms with Crippen molar-refractivity contribution in [1.82, 2.24) is 30.7 Å². The second kappa shape index (κ2) is 7.99.